The van der Waals surface area contributed by atoms with Crippen molar-refractivity contribution in [2.45, 2.75) is 51.6 Å². The number of nitrogens with one attached hydrogen (secondary N) is 2. The molecule has 1 aliphatic heterocycles. The molecule has 0 aromatic heterocycles. The summed E-state index contributed by atoms with van der Waals surface area (Å²) in [6.07, 6.45) is 2.66. The van der Waals surface area contributed by atoms with Crippen molar-refractivity contribution in [3.63, 3.8) is 0 Å². The van der Waals surface area contributed by atoms with Crippen LogP contribution in [0.5, 0.6) is 0 Å². The van der Waals surface area contributed by atoms with Gasteiger partial charge in [0.2, 0.25) is 5.91 Å². The van der Waals surface area contributed by atoms with E-state index in [9.17, 15) is 13.2 Å². The molecule has 1 unspecified atom stereocenters. The first-order valence-corrected chi connectivity index (χ1v) is 8.44. The molecule has 1 fully saturated rings. The molecule has 0 saturated carbocycles. The Morgan fingerprint density at radius 1 is 1.39 bits per heavy atom. The lowest BCUT2D eigenvalue weighted by molar-refractivity contribution is -0.121. The topological polar surface area (TPSA) is 75.3 Å². The van der Waals surface area contributed by atoms with Crippen LogP contribution in [0.2, 0.25) is 0 Å². The zero-order valence-corrected chi connectivity index (χ0v) is 12.1. The highest BCUT2D eigenvalue weighted by Gasteiger charge is 2.25. The van der Waals surface area contributed by atoms with E-state index in [2.05, 4.69) is 24.5 Å². The highest BCUT2D eigenvalue weighted by atomic mass is 32.2. The SMILES string of the molecule is CC(C)NCCCC(=O)NC1CCCS(=O)(=O)C1. The van der Waals surface area contributed by atoms with Gasteiger partial charge in [-0.25, -0.2) is 8.42 Å². The van der Waals surface area contributed by atoms with Crippen LogP contribution in [0.25, 0.3) is 0 Å². The van der Waals surface area contributed by atoms with Crippen molar-refractivity contribution < 1.29 is 13.2 Å². The predicted molar refractivity (Wildman–Crippen MR) is 72.2 cm³/mol. The Kier molecular flexibility index (Phi) is 6.08. The molecular formula is C12H24N2O3S. The van der Waals surface area contributed by atoms with Crippen LogP contribution in [0.1, 0.15) is 39.5 Å². The summed E-state index contributed by atoms with van der Waals surface area (Å²) in [6.45, 7) is 4.94. The van der Waals surface area contributed by atoms with Gasteiger partial charge in [0.25, 0.3) is 0 Å². The minimum atomic E-state index is -2.94. The van der Waals surface area contributed by atoms with E-state index in [0.717, 1.165) is 19.4 Å². The fourth-order valence-electron chi connectivity index (χ4n) is 2.08. The van der Waals surface area contributed by atoms with Crippen molar-refractivity contribution in [1.29, 1.82) is 0 Å². The molecule has 0 bridgehead atoms. The number of rotatable bonds is 6. The Hall–Kier alpha value is -0.620. The molecule has 0 aliphatic carbocycles. The number of hydrogen-bond donors (Lipinski definition) is 2. The van der Waals surface area contributed by atoms with Crippen molar-refractivity contribution in [2.75, 3.05) is 18.1 Å². The monoisotopic (exact) mass is 276 g/mol. The summed E-state index contributed by atoms with van der Waals surface area (Å²) >= 11 is 0. The lowest BCUT2D eigenvalue weighted by Crippen LogP contribution is -2.43. The second-order valence-electron chi connectivity index (χ2n) is 5.23. The molecule has 5 nitrogen and oxygen atoms in total. The van der Waals surface area contributed by atoms with Crippen molar-refractivity contribution in [1.82, 2.24) is 10.6 Å². The fraction of sp³-hybridized carbons (Fsp3) is 0.917. The first-order valence-electron chi connectivity index (χ1n) is 6.62. The lowest BCUT2D eigenvalue weighted by Gasteiger charge is -2.23. The normalized spacial score (nSPS) is 22.9. The molecule has 1 rings (SSSR count). The van der Waals surface area contributed by atoms with E-state index >= 15 is 0 Å². The third-order valence-electron chi connectivity index (χ3n) is 2.96. The van der Waals surface area contributed by atoms with Crippen LogP contribution in [-0.4, -0.2) is 44.5 Å². The Morgan fingerprint density at radius 2 is 2.11 bits per heavy atom. The second kappa shape index (κ2) is 7.09. The molecule has 0 spiro atoms. The van der Waals surface area contributed by atoms with Crippen LogP contribution in [0.15, 0.2) is 0 Å². The standard InChI is InChI=1S/C12H24N2O3S/c1-10(2)13-7-3-6-12(15)14-11-5-4-8-18(16,17)9-11/h10-11,13H,3-9H2,1-2H3,(H,14,15). The van der Waals surface area contributed by atoms with E-state index in [-0.39, 0.29) is 23.5 Å². The number of carbonyl (C=O) groups excluding carboxylic acids is 1. The van der Waals surface area contributed by atoms with Crippen molar-refractivity contribution in [3.05, 3.63) is 0 Å². The summed E-state index contributed by atoms with van der Waals surface area (Å²) in [5.74, 6) is 0.323. The molecule has 0 radical (unpaired) electrons. The summed E-state index contributed by atoms with van der Waals surface area (Å²) in [4.78, 5) is 11.6. The zero-order chi connectivity index (χ0) is 13.6. The van der Waals surface area contributed by atoms with E-state index in [1.165, 1.54) is 0 Å². The van der Waals surface area contributed by atoms with Gasteiger partial charge in [0.1, 0.15) is 0 Å². The van der Waals surface area contributed by atoms with Gasteiger partial charge < -0.3 is 10.6 Å². The molecule has 106 valence electrons. The first-order chi connectivity index (χ1) is 8.39. The molecule has 18 heavy (non-hydrogen) atoms. The Morgan fingerprint density at radius 3 is 2.72 bits per heavy atom. The van der Waals surface area contributed by atoms with Gasteiger partial charge in [0.15, 0.2) is 9.84 Å². The van der Waals surface area contributed by atoms with Crippen molar-refractivity contribution in [2.24, 2.45) is 0 Å². The molecule has 6 heteroatoms. The van der Waals surface area contributed by atoms with E-state index < -0.39 is 9.84 Å². The van der Waals surface area contributed by atoms with Crippen molar-refractivity contribution >= 4 is 15.7 Å². The van der Waals surface area contributed by atoms with Crippen LogP contribution < -0.4 is 10.6 Å². The highest BCUT2D eigenvalue weighted by molar-refractivity contribution is 7.91. The quantitative estimate of drug-likeness (QED) is 0.691. The van der Waals surface area contributed by atoms with Crippen LogP contribution in [0, 0.1) is 0 Å². The summed E-state index contributed by atoms with van der Waals surface area (Å²) in [7, 11) is -2.94. The average Bonchev–Trinajstić information content (AvgIpc) is 2.22. The summed E-state index contributed by atoms with van der Waals surface area (Å²) in [6, 6.07) is 0.242. The highest BCUT2D eigenvalue weighted by Crippen LogP contribution is 2.12. The Labute approximate surface area is 110 Å². The van der Waals surface area contributed by atoms with Gasteiger partial charge in [-0.2, -0.15) is 0 Å². The molecular weight excluding hydrogens is 252 g/mol. The van der Waals surface area contributed by atoms with E-state index in [1.54, 1.807) is 0 Å². The number of sulfone groups is 1. The van der Waals surface area contributed by atoms with Crippen LogP contribution in [-0.2, 0) is 14.6 Å². The molecule has 2 N–H and O–H groups in total. The maximum atomic E-state index is 11.6. The Bertz CT molecular complexity index is 366. The van der Waals surface area contributed by atoms with Crippen LogP contribution in [0.4, 0.5) is 0 Å². The number of hydrogen-bond acceptors (Lipinski definition) is 4. The van der Waals surface area contributed by atoms with Gasteiger partial charge >= 0.3 is 0 Å². The van der Waals surface area contributed by atoms with Crippen LogP contribution in [0.3, 0.4) is 0 Å². The molecule has 1 amide bonds. The number of carbonyl (C=O) groups is 1. The summed E-state index contributed by atoms with van der Waals surface area (Å²) in [5, 5.41) is 6.06. The molecule has 1 atom stereocenters. The average molecular weight is 276 g/mol. The first kappa shape index (κ1) is 15.4. The Balaban J connectivity index is 2.20. The van der Waals surface area contributed by atoms with Gasteiger partial charge in [-0.3, -0.25) is 4.79 Å². The minimum Gasteiger partial charge on any atom is -0.352 e. The maximum absolute atomic E-state index is 11.6. The van der Waals surface area contributed by atoms with Crippen LogP contribution >= 0.6 is 0 Å². The minimum absolute atomic E-state index is 0.0392. The van der Waals surface area contributed by atoms with Gasteiger partial charge in [0.05, 0.1) is 11.5 Å². The zero-order valence-electron chi connectivity index (χ0n) is 11.2. The molecule has 1 aliphatic rings. The van der Waals surface area contributed by atoms with Gasteiger partial charge in [-0.1, -0.05) is 13.8 Å². The van der Waals surface area contributed by atoms with E-state index in [4.69, 9.17) is 0 Å². The predicted octanol–water partition coefficient (Wildman–Crippen LogP) is 0.458. The lowest BCUT2D eigenvalue weighted by atomic mass is 10.1. The van der Waals surface area contributed by atoms with Gasteiger partial charge in [-0.15, -0.1) is 0 Å². The third kappa shape index (κ3) is 6.35. The summed E-state index contributed by atoms with van der Waals surface area (Å²) < 4.78 is 22.8. The van der Waals surface area contributed by atoms with Gasteiger partial charge in [-0.05, 0) is 25.8 Å². The largest absolute Gasteiger partial charge is 0.352 e. The number of amides is 1. The van der Waals surface area contributed by atoms with E-state index in [0.29, 0.717) is 18.9 Å². The molecule has 0 aromatic rings. The van der Waals surface area contributed by atoms with Gasteiger partial charge in [0, 0.05) is 18.5 Å². The molecule has 0 aromatic carbocycles. The maximum Gasteiger partial charge on any atom is 0.220 e. The fourth-order valence-corrected chi connectivity index (χ4v) is 3.71. The summed E-state index contributed by atoms with van der Waals surface area (Å²) in [5.41, 5.74) is 0. The third-order valence-corrected chi connectivity index (χ3v) is 4.78. The van der Waals surface area contributed by atoms with Crippen molar-refractivity contribution in [3.8, 4) is 0 Å². The smallest absolute Gasteiger partial charge is 0.220 e. The second-order valence-corrected chi connectivity index (χ2v) is 7.46. The molecule has 1 heterocycles. The van der Waals surface area contributed by atoms with E-state index in [1.807, 2.05) is 0 Å². The molecule has 1 saturated heterocycles.